The van der Waals surface area contributed by atoms with Gasteiger partial charge < -0.3 is 19.9 Å². The summed E-state index contributed by atoms with van der Waals surface area (Å²) < 4.78 is 9.92. The van der Waals surface area contributed by atoms with Crippen molar-refractivity contribution in [2.24, 2.45) is 0 Å². The molecule has 1 heterocycles. The smallest absolute Gasteiger partial charge is 0.310 e. The zero-order valence-electron chi connectivity index (χ0n) is 13.4. The van der Waals surface area contributed by atoms with E-state index in [9.17, 15) is 14.4 Å². The summed E-state index contributed by atoms with van der Waals surface area (Å²) in [6.45, 7) is -0.402. The van der Waals surface area contributed by atoms with Crippen LogP contribution in [-0.2, 0) is 25.5 Å². The number of nitrogens with one attached hydrogen (secondary N) is 1. The second-order valence-corrected chi connectivity index (χ2v) is 4.95. The van der Waals surface area contributed by atoms with E-state index in [2.05, 4.69) is 10.1 Å². The molecule has 2 N–H and O–H groups in total. The second-order valence-electron chi connectivity index (χ2n) is 4.95. The van der Waals surface area contributed by atoms with Gasteiger partial charge in [-0.3, -0.25) is 19.3 Å². The first-order valence-corrected chi connectivity index (χ1v) is 7.20. The van der Waals surface area contributed by atoms with Gasteiger partial charge >= 0.3 is 5.97 Å². The number of rotatable bonds is 7. The summed E-state index contributed by atoms with van der Waals surface area (Å²) in [5.41, 5.74) is 1.01. The SMILES string of the molecule is COC(=O)Cc1cccc(OC)c1NC1=CC(=O)N(CCO)C1=O. The maximum absolute atomic E-state index is 12.2. The number of amides is 2. The molecule has 128 valence electrons. The highest BCUT2D eigenvalue weighted by Gasteiger charge is 2.31. The van der Waals surface area contributed by atoms with Gasteiger partial charge in [0.05, 0.1) is 39.5 Å². The van der Waals surface area contributed by atoms with E-state index in [0.717, 1.165) is 11.0 Å². The van der Waals surface area contributed by atoms with Gasteiger partial charge in [-0.1, -0.05) is 12.1 Å². The maximum atomic E-state index is 12.2. The van der Waals surface area contributed by atoms with E-state index in [1.165, 1.54) is 14.2 Å². The van der Waals surface area contributed by atoms with Gasteiger partial charge in [0.25, 0.3) is 11.8 Å². The second kappa shape index (κ2) is 7.60. The molecule has 0 saturated heterocycles. The number of nitrogens with zero attached hydrogens (tertiary/aromatic N) is 1. The lowest BCUT2D eigenvalue weighted by Gasteiger charge is -2.17. The van der Waals surface area contributed by atoms with E-state index in [1.54, 1.807) is 18.2 Å². The Morgan fingerprint density at radius 2 is 2.04 bits per heavy atom. The molecule has 0 aliphatic carbocycles. The molecule has 8 nitrogen and oxygen atoms in total. The van der Waals surface area contributed by atoms with Gasteiger partial charge in [0, 0.05) is 6.08 Å². The number of para-hydroxylation sites is 1. The average Bonchev–Trinajstić information content (AvgIpc) is 2.84. The number of benzene rings is 1. The highest BCUT2D eigenvalue weighted by Crippen LogP contribution is 2.31. The third kappa shape index (κ3) is 3.54. The summed E-state index contributed by atoms with van der Waals surface area (Å²) in [5.74, 6) is -1.10. The fourth-order valence-corrected chi connectivity index (χ4v) is 2.31. The quantitative estimate of drug-likeness (QED) is 0.537. The maximum Gasteiger partial charge on any atom is 0.310 e. The van der Waals surface area contributed by atoms with E-state index in [1.807, 2.05) is 0 Å². The number of aliphatic hydroxyl groups excluding tert-OH is 1. The molecule has 0 unspecified atom stereocenters. The van der Waals surface area contributed by atoms with Crippen LogP contribution in [0.4, 0.5) is 5.69 Å². The number of ether oxygens (including phenoxy) is 2. The Hall–Kier alpha value is -2.87. The summed E-state index contributed by atoms with van der Waals surface area (Å²) >= 11 is 0. The molecule has 1 aromatic rings. The first-order chi connectivity index (χ1) is 11.5. The summed E-state index contributed by atoms with van der Waals surface area (Å²) in [4.78, 5) is 36.5. The van der Waals surface area contributed by atoms with Gasteiger partial charge in [-0.25, -0.2) is 0 Å². The Labute approximate surface area is 138 Å². The number of carbonyl (C=O) groups is 3. The fourth-order valence-electron chi connectivity index (χ4n) is 2.31. The number of methoxy groups -OCH3 is 2. The molecule has 1 aliphatic rings. The van der Waals surface area contributed by atoms with Gasteiger partial charge in [-0.15, -0.1) is 0 Å². The van der Waals surface area contributed by atoms with Crippen LogP contribution in [-0.4, -0.2) is 55.2 Å². The third-order valence-electron chi connectivity index (χ3n) is 3.49. The first kappa shape index (κ1) is 17.5. The highest BCUT2D eigenvalue weighted by atomic mass is 16.5. The summed E-state index contributed by atoms with van der Waals surface area (Å²) in [7, 11) is 2.74. The van der Waals surface area contributed by atoms with E-state index in [0.29, 0.717) is 17.0 Å². The molecule has 2 rings (SSSR count). The van der Waals surface area contributed by atoms with Crippen molar-refractivity contribution in [1.82, 2.24) is 4.90 Å². The molecule has 2 amide bonds. The first-order valence-electron chi connectivity index (χ1n) is 7.20. The summed E-state index contributed by atoms with van der Waals surface area (Å²) in [6, 6.07) is 5.06. The number of β-amino-alcohol motifs (C(OH)–C–C–N with tert-alkyl or cyclic N) is 1. The molecule has 24 heavy (non-hydrogen) atoms. The number of anilines is 1. The average molecular weight is 334 g/mol. The van der Waals surface area contributed by atoms with Crippen molar-refractivity contribution in [1.29, 1.82) is 0 Å². The van der Waals surface area contributed by atoms with Crippen LogP contribution in [0.15, 0.2) is 30.0 Å². The van der Waals surface area contributed by atoms with Crippen molar-refractivity contribution in [3.63, 3.8) is 0 Å². The van der Waals surface area contributed by atoms with E-state index in [4.69, 9.17) is 9.84 Å². The van der Waals surface area contributed by atoms with Crippen LogP contribution < -0.4 is 10.1 Å². The summed E-state index contributed by atoms with van der Waals surface area (Å²) in [6.07, 6.45) is 1.12. The Morgan fingerprint density at radius 3 is 2.67 bits per heavy atom. The van der Waals surface area contributed by atoms with E-state index < -0.39 is 17.8 Å². The number of esters is 1. The van der Waals surface area contributed by atoms with Crippen LogP contribution in [0.3, 0.4) is 0 Å². The Bertz CT molecular complexity index is 698. The Balaban J connectivity index is 2.32. The summed E-state index contributed by atoms with van der Waals surface area (Å²) in [5, 5.41) is 11.8. The minimum absolute atomic E-state index is 0.0220. The zero-order chi connectivity index (χ0) is 17.7. The van der Waals surface area contributed by atoms with Crippen LogP contribution in [0, 0.1) is 0 Å². The molecule has 1 aromatic carbocycles. The lowest BCUT2D eigenvalue weighted by Crippen LogP contribution is -2.34. The Kier molecular flexibility index (Phi) is 5.54. The van der Waals surface area contributed by atoms with Crippen LogP contribution in [0.25, 0.3) is 0 Å². The zero-order valence-corrected chi connectivity index (χ0v) is 13.4. The topological polar surface area (TPSA) is 105 Å². The number of carbonyl (C=O) groups excluding carboxylic acids is 3. The number of hydrogen-bond acceptors (Lipinski definition) is 7. The largest absolute Gasteiger partial charge is 0.495 e. The predicted octanol–water partition coefficient (Wildman–Crippen LogP) is 0.0676. The fraction of sp³-hybridized carbons (Fsp3) is 0.312. The lowest BCUT2D eigenvalue weighted by atomic mass is 10.1. The molecule has 8 heteroatoms. The Morgan fingerprint density at radius 1 is 1.29 bits per heavy atom. The van der Waals surface area contributed by atoms with Gasteiger partial charge in [0.15, 0.2) is 0 Å². The monoisotopic (exact) mass is 334 g/mol. The standard InChI is InChI=1S/C16H18N2O6/c1-23-12-5-3-4-10(8-14(21)24-2)15(12)17-11-9-13(20)18(6-7-19)16(11)22/h3-5,9,17,19H,6-8H2,1-2H3. The molecule has 0 spiro atoms. The van der Waals surface area contributed by atoms with Gasteiger partial charge in [0.2, 0.25) is 0 Å². The lowest BCUT2D eigenvalue weighted by molar-refractivity contribution is -0.140. The molecule has 0 aromatic heterocycles. The highest BCUT2D eigenvalue weighted by molar-refractivity contribution is 6.17. The van der Waals surface area contributed by atoms with Gasteiger partial charge in [0.1, 0.15) is 11.4 Å². The molecular formula is C16H18N2O6. The number of hydrogen-bond donors (Lipinski definition) is 2. The number of imide groups is 1. The van der Waals surface area contributed by atoms with Crippen molar-refractivity contribution in [2.45, 2.75) is 6.42 Å². The van der Waals surface area contributed by atoms with E-state index in [-0.39, 0.29) is 25.3 Å². The molecular weight excluding hydrogens is 316 g/mol. The third-order valence-corrected chi connectivity index (χ3v) is 3.49. The molecule has 1 aliphatic heterocycles. The van der Waals surface area contributed by atoms with Crippen molar-refractivity contribution in [2.75, 3.05) is 32.7 Å². The van der Waals surface area contributed by atoms with Gasteiger partial charge in [-0.2, -0.15) is 0 Å². The van der Waals surface area contributed by atoms with Crippen LogP contribution >= 0.6 is 0 Å². The van der Waals surface area contributed by atoms with E-state index >= 15 is 0 Å². The minimum atomic E-state index is -0.552. The normalized spacial score (nSPS) is 13.8. The van der Waals surface area contributed by atoms with Crippen LogP contribution in [0.5, 0.6) is 5.75 Å². The van der Waals surface area contributed by atoms with Crippen molar-refractivity contribution >= 4 is 23.5 Å². The van der Waals surface area contributed by atoms with Crippen molar-refractivity contribution in [3.05, 3.63) is 35.5 Å². The molecule has 0 saturated carbocycles. The molecule has 0 bridgehead atoms. The molecule has 0 atom stereocenters. The minimum Gasteiger partial charge on any atom is -0.495 e. The predicted molar refractivity (Wildman–Crippen MR) is 84.2 cm³/mol. The van der Waals surface area contributed by atoms with Crippen LogP contribution in [0.2, 0.25) is 0 Å². The number of aliphatic hydroxyl groups is 1. The molecule has 0 fully saturated rings. The van der Waals surface area contributed by atoms with Crippen LogP contribution in [0.1, 0.15) is 5.56 Å². The van der Waals surface area contributed by atoms with Crippen molar-refractivity contribution in [3.8, 4) is 5.75 Å². The van der Waals surface area contributed by atoms with Crippen molar-refractivity contribution < 1.29 is 29.0 Å². The van der Waals surface area contributed by atoms with Gasteiger partial charge in [-0.05, 0) is 11.6 Å². The molecule has 0 radical (unpaired) electrons.